The van der Waals surface area contributed by atoms with Gasteiger partial charge in [-0.3, -0.25) is 0 Å². The highest BCUT2D eigenvalue weighted by atomic mass is 32.1. The van der Waals surface area contributed by atoms with Crippen LogP contribution in [0.3, 0.4) is 0 Å². The van der Waals surface area contributed by atoms with Crippen molar-refractivity contribution in [2.45, 2.75) is 20.3 Å². The van der Waals surface area contributed by atoms with Crippen molar-refractivity contribution in [3.63, 3.8) is 0 Å². The van der Waals surface area contributed by atoms with E-state index in [9.17, 15) is 4.39 Å². The van der Waals surface area contributed by atoms with Gasteiger partial charge >= 0.3 is 0 Å². The van der Waals surface area contributed by atoms with Crippen LogP contribution in [0.15, 0.2) is 18.2 Å². The molecule has 0 aromatic heterocycles. The number of ether oxygens (including phenoxy) is 1. The second-order valence-corrected chi connectivity index (χ2v) is 4.30. The normalized spacial score (nSPS) is 10.2. The predicted octanol–water partition coefficient (Wildman–Crippen LogP) is 2.85. The molecule has 1 aromatic carbocycles. The van der Waals surface area contributed by atoms with E-state index in [2.05, 4.69) is 10.6 Å². The lowest BCUT2D eigenvalue weighted by atomic mass is 10.2. The molecule has 0 atom stereocenters. The lowest BCUT2D eigenvalue weighted by Gasteiger charge is -2.11. The third kappa shape index (κ3) is 5.42. The number of benzene rings is 1. The fraction of sp³-hybridized carbons (Fsp3) is 0.462. The van der Waals surface area contributed by atoms with Crippen molar-refractivity contribution in [1.29, 1.82) is 0 Å². The SMILES string of the molecule is CCOCCCNC(=S)Nc1ccc(C)c(F)c1. The van der Waals surface area contributed by atoms with Crippen LogP contribution in [0.1, 0.15) is 18.9 Å². The molecule has 0 spiro atoms. The quantitative estimate of drug-likeness (QED) is 0.615. The van der Waals surface area contributed by atoms with Crippen molar-refractivity contribution in [3.05, 3.63) is 29.6 Å². The summed E-state index contributed by atoms with van der Waals surface area (Å²) in [5.41, 5.74) is 1.27. The van der Waals surface area contributed by atoms with Crippen molar-refractivity contribution < 1.29 is 9.13 Å². The van der Waals surface area contributed by atoms with Crippen molar-refractivity contribution in [2.24, 2.45) is 0 Å². The van der Waals surface area contributed by atoms with Gasteiger partial charge in [0.15, 0.2) is 5.11 Å². The maximum Gasteiger partial charge on any atom is 0.170 e. The van der Waals surface area contributed by atoms with E-state index in [1.165, 1.54) is 6.07 Å². The summed E-state index contributed by atoms with van der Waals surface area (Å²) in [7, 11) is 0. The van der Waals surface area contributed by atoms with Gasteiger partial charge in [-0.1, -0.05) is 6.07 Å². The zero-order valence-electron chi connectivity index (χ0n) is 10.8. The average Bonchev–Trinajstić information content (AvgIpc) is 2.34. The third-order valence-corrected chi connectivity index (χ3v) is 2.63. The number of nitrogens with one attached hydrogen (secondary N) is 2. The lowest BCUT2D eigenvalue weighted by molar-refractivity contribution is 0.146. The van der Waals surface area contributed by atoms with Gasteiger partial charge in [0, 0.05) is 25.4 Å². The predicted molar refractivity (Wildman–Crippen MR) is 76.5 cm³/mol. The molecular weight excluding hydrogens is 251 g/mol. The maximum absolute atomic E-state index is 13.3. The summed E-state index contributed by atoms with van der Waals surface area (Å²) in [6, 6.07) is 4.95. The van der Waals surface area contributed by atoms with Gasteiger partial charge in [-0.15, -0.1) is 0 Å². The monoisotopic (exact) mass is 270 g/mol. The maximum atomic E-state index is 13.3. The number of aryl methyl sites for hydroxylation is 1. The van der Waals surface area contributed by atoms with Gasteiger partial charge in [0.2, 0.25) is 0 Å². The molecule has 0 bridgehead atoms. The average molecular weight is 270 g/mol. The fourth-order valence-electron chi connectivity index (χ4n) is 1.37. The smallest absolute Gasteiger partial charge is 0.170 e. The standard InChI is InChI=1S/C13H19FN2OS/c1-3-17-8-4-7-15-13(18)16-11-6-5-10(2)12(14)9-11/h5-6,9H,3-4,7-8H2,1-2H3,(H2,15,16,18). The summed E-state index contributed by atoms with van der Waals surface area (Å²) in [6.07, 6.45) is 0.887. The fourth-order valence-corrected chi connectivity index (χ4v) is 1.59. The minimum absolute atomic E-state index is 0.237. The van der Waals surface area contributed by atoms with Crippen LogP contribution in [-0.4, -0.2) is 24.9 Å². The van der Waals surface area contributed by atoms with E-state index < -0.39 is 0 Å². The molecule has 0 aliphatic heterocycles. The Morgan fingerprint density at radius 1 is 1.44 bits per heavy atom. The van der Waals surface area contributed by atoms with E-state index in [4.69, 9.17) is 17.0 Å². The van der Waals surface area contributed by atoms with Crippen LogP contribution in [-0.2, 0) is 4.74 Å². The van der Waals surface area contributed by atoms with E-state index in [0.717, 1.165) is 19.6 Å². The molecular formula is C13H19FN2OS. The summed E-state index contributed by atoms with van der Waals surface area (Å²) in [6.45, 7) is 5.87. The molecule has 5 heteroatoms. The number of hydrogen-bond acceptors (Lipinski definition) is 2. The summed E-state index contributed by atoms with van der Waals surface area (Å²) in [5.74, 6) is -0.237. The van der Waals surface area contributed by atoms with Crippen LogP contribution in [0.5, 0.6) is 0 Å². The van der Waals surface area contributed by atoms with E-state index >= 15 is 0 Å². The Balaban J connectivity index is 2.29. The molecule has 0 radical (unpaired) electrons. The number of anilines is 1. The summed E-state index contributed by atoms with van der Waals surface area (Å²) in [4.78, 5) is 0. The Bertz CT molecular complexity index is 399. The summed E-state index contributed by atoms with van der Waals surface area (Å²) < 4.78 is 18.5. The van der Waals surface area contributed by atoms with Crippen molar-refractivity contribution in [1.82, 2.24) is 5.32 Å². The minimum Gasteiger partial charge on any atom is -0.382 e. The molecule has 1 aromatic rings. The zero-order valence-corrected chi connectivity index (χ0v) is 11.6. The van der Waals surface area contributed by atoms with Gasteiger partial charge in [0.1, 0.15) is 5.82 Å². The van der Waals surface area contributed by atoms with Crippen LogP contribution in [0.25, 0.3) is 0 Å². The molecule has 100 valence electrons. The van der Waals surface area contributed by atoms with Gasteiger partial charge in [-0.05, 0) is 50.2 Å². The summed E-state index contributed by atoms with van der Waals surface area (Å²) >= 11 is 5.10. The molecule has 2 N–H and O–H groups in total. The summed E-state index contributed by atoms with van der Waals surface area (Å²) in [5, 5.41) is 6.48. The molecule has 18 heavy (non-hydrogen) atoms. The second-order valence-electron chi connectivity index (χ2n) is 3.90. The Morgan fingerprint density at radius 2 is 2.22 bits per heavy atom. The molecule has 0 unspecified atom stereocenters. The Kier molecular flexibility index (Phi) is 6.60. The number of rotatable bonds is 6. The van der Waals surface area contributed by atoms with Crippen LogP contribution in [0.4, 0.5) is 10.1 Å². The van der Waals surface area contributed by atoms with Crippen LogP contribution in [0, 0.1) is 12.7 Å². The van der Waals surface area contributed by atoms with Gasteiger partial charge in [-0.2, -0.15) is 0 Å². The van der Waals surface area contributed by atoms with Crippen molar-refractivity contribution in [3.8, 4) is 0 Å². The van der Waals surface area contributed by atoms with Crippen LogP contribution in [0.2, 0.25) is 0 Å². The molecule has 0 saturated heterocycles. The largest absolute Gasteiger partial charge is 0.382 e. The van der Waals surface area contributed by atoms with Gasteiger partial charge < -0.3 is 15.4 Å². The highest BCUT2D eigenvalue weighted by Gasteiger charge is 2.01. The Morgan fingerprint density at radius 3 is 2.89 bits per heavy atom. The number of hydrogen-bond donors (Lipinski definition) is 2. The van der Waals surface area contributed by atoms with Gasteiger partial charge in [0.25, 0.3) is 0 Å². The second kappa shape index (κ2) is 8.00. The third-order valence-electron chi connectivity index (χ3n) is 2.38. The first-order chi connectivity index (χ1) is 8.63. The van der Waals surface area contributed by atoms with E-state index in [-0.39, 0.29) is 5.82 Å². The Hall–Kier alpha value is -1.20. The molecule has 1 rings (SSSR count). The van der Waals surface area contributed by atoms with Gasteiger partial charge in [0.05, 0.1) is 0 Å². The van der Waals surface area contributed by atoms with Crippen molar-refractivity contribution >= 4 is 23.0 Å². The number of thiocarbonyl (C=S) groups is 1. The highest BCUT2D eigenvalue weighted by Crippen LogP contribution is 2.13. The molecule has 0 aliphatic carbocycles. The lowest BCUT2D eigenvalue weighted by Crippen LogP contribution is -2.29. The first-order valence-corrected chi connectivity index (χ1v) is 6.43. The highest BCUT2D eigenvalue weighted by molar-refractivity contribution is 7.80. The molecule has 3 nitrogen and oxygen atoms in total. The molecule has 0 fully saturated rings. The van der Waals surface area contributed by atoms with Crippen LogP contribution >= 0.6 is 12.2 Å². The van der Waals surface area contributed by atoms with Crippen LogP contribution < -0.4 is 10.6 Å². The number of halogens is 1. The van der Waals surface area contributed by atoms with Crippen molar-refractivity contribution in [2.75, 3.05) is 25.1 Å². The van der Waals surface area contributed by atoms with Gasteiger partial charge in [-0.25, -0.2) is 4.39 Å². The molecule has 0 aliphatic rings. The molecule has 0 amide bonds. The van der Waals surface area contributed by atoms with E-state index in [1.54, 1.807) is 19.1 Å². The minimum atomic E-state index is -0.237. The molecule has 0 saturated carbocycles. The zero-order chi connectivity index (χ0) is 13.4. The topological polar surface area (TPSA) is 33.3 Å². The first-order valence-electron chi connectivity index (χ1n) is 6.02. The first kappa shape index (κ1) is 14.9. The Labute approximate surface area is 113 Å². The van der Waals surface area contributed by atoms with E-state index in [0.29, 0.717) is 23.0 Å². The molecule has 0 heterocycles. The van der Waals surface area contributed by atoms with E-state index in [1.807, 2.05) is 6.92 Å².